The van der Waals surface area contributed by atoms with Gasteiger partial charge in [-0.05, 0) is 42.4 Å². The fourth-order valence-corrected chi connectivity index (χ4v) is 1.94. The Labute approximate surface area is 55.3 Å². The van der Waals surface area contributed by atoms with E-state index in [1.165, 1.54) is 17.7 Å². The summed E-state index contributed by atoms with van der Waals surface area (Å²) in [6, 6.07) is 0. The van der Waals surface area contributed by atoms with Crippen molar-refractivity contribution < 1.29 is 0 Å². The van der Waals surface area contributed by atoms with Crippen molar-refractivity contribution in [3.05, 3.63) is 12.8 Å². The number of hydrogen-bond donors (Lipinski definition) is 0. The van der Waals surface area contributed by atoms with Crippen LogP contribution in [0.4, 0.5) is 0 Å². The minimum Gasteiger partial charge on any atom is -0.0891 e. The Balaban J connectivity index is 2.28. The number of thiocarbonyl (C=S) groups is 1. The second-order valence-corrected chi connectivity index (χ2v) is 3.04. The first kappa shape index (κ1) is 4.92. The summed E-state index contributed by atoms with van der Waals surface area (Å²) in [5.41, 5.74) is 0. The Bertz CT molecular complexity index is 106. The summed E-state index contributed by atoms with van der Waals surface area (Å²) in [6.45, 7) is 0. The molecule has 0 aromatic carbocycles. The maximum absolute atomic E-state index is 5.16. The smallest absolute Gasteiger partial charge is 0.000373 e. The van der Waals surface area contributed by atoms with Gasteiger partial charge in [0.1, 0.15) is 0 Å². The average molecular weight is 124 g/mol. The predicted molar refractivity (Wildman–Crippen MR) is 37.4 cm³/mol. The van der Waals surface area contributed by atoms with Crippen molar-refractivity contribution in [1.29, 1.82) is 0 Å². The van der Waals surface area contributed by atoms with Crippen molar-refractivity contribution in [2.24, 2.45) is 11.8 Å². The lowest BCUT2D eigenvalue weighted by Gasteiger charge is -2.03. The summed E-state index contributed by atoms with van der Waals surface area (Å²) >= 11 is 5.16. The molecule has 2 saturated carbocycles. The molecule has 2 rings (SSSR count). The highest BCUT2D eigenvalue weighted by molar-refractivity contribution is 7.80. The van der Waals surface area contributed by atoms with Gasteiger partial charge in [0, 0.05) is 0 Å². The fraction of sp³-hybridized carbons (Fsp3) is 0.571. The van der Waals surface area contributed by atoms with E-state index in [1.54, 1.807) is 0 Å². The average Bonchev–Trinajstić information content (AvgIpc) is 2.29. The third-order valence-corrected chi connectivity index (χ3v) is 2.69. The zero-order chi connectivity index (χ0) is 5.56. The lowest BCUT2D eigenvalue weighted by atomic mass is 10.0. The molecule has 0 aromatic heterocycles. The van der Waals surface area contributed by atoms with E-state index in [4.69, 9.17) is 12.2 Å². The first-order valence-electron chi connectivity index (χ1n) is 3.08. The second kappa shape index (κ2) is 1.53. The van der Waals surface area contributed by atoms with Gasteiger partial charge in [0.15, 0.2) is 0 Å². The van der Waals surface area contributed by atoms with Gasteiger partial charge in [-0.25, -0.2) is 0 Å². The number of fused-ring (bicyclic) bond motifs is 2. The van der Waals surface area contributed by atoms with Crippen LogP contribution in [-0.4, -0.2) is 4.86 Å². The molecule has 0 unspecified atom stereocenters. The van der Waals surface area contributed by atoms with E-state index >= 15 is 0 Å². The van der Waals surface area contributed by atoms with Crippen LogP contribution in [0.1, 0.15) is 12.8 Å². The molecule has 0 atom stereocenters. The topological polar surface area (TPSA) is 0 Å². The summed E-state index contributed by atoms with van der Waals surface area (Å²) in [6.07, 6.45) is 7.16. The molecule has 42 valence electrons. The Morgan fingerprint density at radius 2 is 2.00 bits per heavy atom. The highest BCUT2D eigenvalue weighted by Crippen LogP contribution is 2.40. The molecule has 0 amide bonds. The highest BCUT2D eigenvalue weighted by atomic mass is 32.1. The molecule has 0 spiro atoms. The SMILES string of the molecule is S=C1C2[CH]CC1C[CH]2. The van der Waals surface area contributed by atoms with E-state index in [2.05, 4.69) is 12.8 Å². The normalized spacial score (nSPS) is 43.8. The van der Waals surface area contributed by atoms with Crippen molar-refractivity contribution in [3.63, 3.8) is 0 Å². The molecule has 2 fully saturated rings. The molecular formula is C7H8S. The maximum atomic E-state index is 5.16. The van der Waals surface area contributed by atoms with Crippen LogP contribution in [0, 0.1) is 24.7 Å². The molecule has 0 aromatic rings. The first-order valence-corrected chi connectivity index (χ1v) is 3.49. The summed E-state index contributed by atoms with van der Waals surface area (Å²) in [5, 5.41) is 0. The minimum absolute atomic E-state index is 0.620. The van der Waals surface area contributed by atoms with Gasteiger partial charge in [0.25, 0.3) is 0 Å². The van der Waals surface area contributed by atoms with E-state index in [-0.39, 0.29) is 0 Å². The summed E-state index contributed by atoms with van der Waals surface area (Å²) in [4.78, 5) is 1.30. The van der Waals surface area contributed by atoms with Crippen molar-refractivity contribution in [1.82, 2.24) is 0 Å². The predicted octanol–water partition coefficient (Wildman–Crippen LogP) is 1.80. The molecular weight excluding hydrogens is 116 g/mol. The Morgan fingerprint density at radius 1 is 1.38 bits per heavy atom. The maximum Gasteiger partial charge on any atom is -0.000373 e. The monoisotopic (exact) mass is 124 g/mol. The fourth-order valence-electron chi connectivity index (χ4n) is 1.55. The van der Waals surface area contributed by atoms with Crippen LogP contribution in [0.5, 0.6) is 0 Å². The largest absolute Gasteiger partial charge is 0.0891 e. The van der Waals surface area contributed by atoms with Crippen LogP contribution in [0.2, 0.25) is 0 Å². The standard InChI is InChI=1S/C7H8S/c8-7-5-1-2-6(7)4-3-5/h1,3,5-6H,2,4H2. The van der Waals surface area contributed by atoms with Crippen LogP contribution in [-0.2, 0) is 0 Å². The van der Waals surface area contributed by atoms with E-state index in [0.717, 1.165) is 5.92 Å². The van der Waals surface area contributed by atoms with Crippen LogP contribution < -0.4 is 0 Å². The van der Waals surface area contributed by atoms with E-state index in [0.29, 0.717) is 5.92 Å². The van der Waals surface area contributed by atoms with E-state index < -0.39 is 0 Å². The molecule has 0 nitrogen and oxygen atoms in total. The number of hydrogen-bond acceptors (Lipinski definition) is 1. The van der Waals surface area contributed by atoms with Gasteiger partial charge in [-0.2, -0.15) is 0 Å². The molecule has 8 heavy (non-hydrogen) atoms. The Morgan fingerprint density at radius 3 is 2.12 bits per heavy atom. The molecule has 1 heteroatoms. The van der Waals surface area contributed by atoms with Crippen molar-refractivity contribution in [3.8, 4) is 0 Å². The van der Waals surface area contributed by atoms with Crippen molar-refractivity contribution in [2.75, 3.05) is 0 Å². The van der Waals surface area contributed by atoms with Crippen LogP contribution >= 0.6 is 12.2 Å². The van der Waals surface area contributed by atoms with Gasteiger partial charge >= 0.3 is 0 Å². The quantitative estimate of drug-likeness (QED) is 0.444. The van der Waals surface area contributed by atoms with Gasteiger partial charge < -0.3 is 0 Å². The molecule has 2 radical (unpaired) electrons. The zero-order valence-electron chi connectivity index (χ0n) is 4.63. The summed E-state index contributed by atoms with van der Waals surface area (Å²) < 4.78 is 0. The van der Waals surface area contributed by atoms with Gasteiger partial charge in [-0.15, -0.1) is 0 Å². The molecule has 0 aliphatic heterocycles. The van der Waals surface area contributed by atoms with Gasteiger partial charge in [0.05, 0.1) is 0 Å². The highest BCUT2D eigenvalue weighted by Gasteiger charge is 2.36. The minimum atomic E-state index is 0.620. The van der Waals surface area contributed by atoms with Crippen molar-refractivity contribution >= 4 is 17.1 Å². The van der Waals surface area contributed by atoms with Gasteiger partial charge in [0.2, 0.25) is 0 Å². The van der Waals surface area contributed by atoms with Gasteiger partial charge in [-0.1, -0.05) is 12.2 Å². The Hall–Kier alpha value is 0.0900. The third kappa shape index (κ3) is 0.482. The van der Waals surface area contributed by atoms with Crippen LogP contribution in [0.3, 0.4) is 0 Å². The molecule has 0 N–H and O–H groups in total. The lowest BCUT2D eigenvalue weighted by molar-refractivity contribution is 0.663. The molecule has 2 aliphatic rings. The van der Waals surface area contributed by atoms with Crippen LogP contribution in [0.25, 0.3) is 0 Å². The van der Waals surface area contributed by atoms with Crippen LogP contribution in [0.15, 0.2) is 0 Å². The molecule has 0 heterocycles. The number of rotatable bonds is 0. The Kier molecular flexibility index (Phi) is 0.944. The van der Waals surface area contributed by atoms with Gasteiger partial charge in [-0.3, -0.25) is 0 Å². The molecule has 2 bridgehead atoms. The van der Waals surface area contributed by atoms with Crippen molar-refractivity contribution in [2.45, 2.75) is 12.8 Å². The zero-order valence-corrected chi connectivity index (χ0v) is 5.45. The second-order valence-electron chi connectivity index (χ2n) is 2.57. The molecule has 0 saturated heterocycles. The first-order chi connectivity index (χ1) is 3.88. The summed E-state index contributed by atoms with van der Waals surface area (Å²) in [7, 11) is 0. The summed E-state index contributed by atoms with van der Waals surface area (Å²) in [5.74, 6) is 1.38. The molecule has 2 aliphatic carbocycles. The third-order valence-electron chi connectivity index (χ3n) is 2.08. The van der Waals surface area contributed by atoms with E-state index in [1.807, 2.05) is 0 Å². The van der Waals surface area contributed by atoms with E-state index in [9.17, 15) is 0 Å². The lowest BCUT2D eigenvalue weighted by Crippen LogP contribution is -1.98.